The Morgan fingerprint density at radius 3 is 2.50 bits per heavy atom. The average Bonchev–Trinajstić information content (AvgIpc) is 2.61. The number of carbonyl (C=O) groups excluding carboxylic acids is 1. The molecule has 5 heteroatoms. The first-order valence-electron chi connectivity index (χ1n) is 7.86. The summed E-state index contributed by atoms with van der Waals surface area (Å²) < 4.78 is 10.4. The van der Waals surface area contributed by atoms with Crippen molar-refractivity contribution >= 4 is 11.6 Å². The predicted octanol–water partition coefficient (Wildman–Crippen LogP) is 3.16. The normalized spacial score (nSPS) is 10.5. The van der Waals surface area contributed by atoms with Crippen LogP contribution in [0.25, 0.3) is 0 Å². The van der Waals surface area contributed by atoms with E-state index < -0.39 is 0 Å². The van der Waals surface area contributed by atoms with Crippen molar-refractivity contribution in [3.8, 4) is 11.5 Å². The molecule has 0 aliphatic carbocycles. The van der Waals surface area contributed by atoms with E-state index in [0.29, 0.717) is 30.2 Å². The third-order valence-electron chi connectivity index (χ3n) is 3.70. The van der Waals surface area contributed by atoms with Gasteiger partial charge in [0, 0.05) is 25.6 Å². The predicted molar refractivity (Wildman–Crippen MR) is 95.6 cm³/mol. The summed E-state index contributed by atoms with van der Waals surface area (Å²) in [6.07, 6.45) is 0.415. The minimum atomic E-state index is -0.0432. The summed E-state index contributed by atoms with van der Waals surface area (Å²) in [6, 6.07) is 15.5. The first-order valence-corrected chi connectivity index (χ1v) is 7.86. The van der Waals surface area contributed by atoms with Crippen LogP contribution in [0.2, 0.25) is 0 Å². The third-order valence-corrected chi connectivity index (χ3v) is 3.70. The highest BCUT2D eigenvalue weighted by Gasteiger charge is 2.10. The number of benzene rings is 2. The highest BCUT2D eigenvalue weighted by molar-refractivity contribution is 5.92. The molecule has 0 saturated heterocycles. The van der Waals surface area contributed by atoms with Crippen LogP contribution in [-0.2, 0) is 11.3 Å². The number of ether oxygens (including phenoxy) is 2. The molecule has 5 nitrogen and oxygen atoms in total. The largest absolute Gasteiger partial charge is 0.497 e. The highest BCUT2D eigenvalue weighted by atomic mass is 16.5. The van der Waals surface area contributed by atoms with Crippen LogP contribution in [0.4, 0.5) is 5.69 Å². The SMILES string of the molecule is COc1ccc(NC(=O)CCN(C)Cc2ccccc2)c(OC)c1. The molecule has 0 heterocycles. The van der Waals surface area contributed by atoms with Crippen LogP contribution in [-0.4, -0.2) is 38.6 Å². The van der Waals surface area contributed by atoms with E-state index in [1.165, 1.54) is 5.56 Å². The molecule has 1 N–H and O–H groups in total. The molecule has 0 aromatic heterocycles. The van der Waals surface area contributed by atoms with Crippen LogP contribution in [0.3, 0.4) is 0 Å². The zero-order valence-corrected chi connectivity index (χ0v) is 14.4. The molecule has 24 heavy (non-hydrogen) atoms. The monoisotopic (exact) mass is 328 g/mol. The Morgan fingerprint density at radius 2 is 1.83 bits per heavy atom. The van der Waals surface area contributed by atoms with Crippen molar-refractivity contribution in [1.82, 2.24) is 4.90 Å². The van der Waals surface area contributed by atoms with Gasteiger partial charge in [0.15, 0.2) is 0 Å². The van der Waals surface area contributed by atoms with Crippen molar-refractivity contribution in [3.05, 3.63) is 54.1 Å². The molecular weight excluding hydrogens is 304 g/mol. The summed E-state index contributed by atoms with van der Waals surface area (Å²) in [5.41, 5.74) is 1.88. The molecule has 2 rings (SSSR count). The van der Waals surface area contributed by atoms with E-state index in [4.69, 9.17) is 9.47 Å². The number of hydrogen-bond donors (Lipinski definition) is 1. The van der Waals surface area contributed by atoms with Gasteiger partial charge in [0.05, 0.1) is 19.9 Å². The van der Waals surface area contributed by atoms with Gasteiger partial charge < -0.3 is 19.7 Å². The summed E-state index contributed by atoms with van der Waals surface area (Å²) in [7, 11) is 5.17. The van der Waals surface area contributed by atoms with Gasteiger partial charge in [-0.3, -0.25) is 4.79 Å². The Kier molecular flexibility index (Phi) is 6.63. The second-order valence-corrected chi connectivity index (χ2v) is 5.59. The average molecular weight is 328 g/mol. The van der Waals surface area contributed by atoms with Gasteiger partial charge in [0.25, 0.3) is 0 Å². The summed E-state index contributed by atoms with van der Waals surface area (Å²) in [6.45, 7) is 1.50. The number of hydrogen-bond acceptors (Lipinski definition) is 4. The fourth-order valence-corrected chi connectivity index (χ4v) is 2.38. The molecule has 0 spiro atoms. The van der Waals surface area contributed by atoms with E-state index in [1.54, 1.807) is 32.4 Å². The Morgan fingerprint density at radius 1 is 1.08 bits per heavy atom. The number of rotatable bonds is 8. The van der Waals surface area contributed by atoms with E-state index in [-0.39, 0.29) is 5.91 Å². The number of nitrogens with zero attached hydrogens (tertiary/aromatic N) is 1. The van der Waals surface area contributed by atoms with Crippen LogP contribution in [0.1, 0.15) is 12.0 Å². The van der Waals surface area contributed by atoms with E-state index in [1.807, 2.05) is 25.2 Å². The lowest BCUT2D eigenvalue weighted by atomic mass is 10.2. The molecule has 0 bridgehead atoms. The van der Waals surface area contributed by atoms with Crippen LogP contribution >= 0.6 is 0 Å². The van der Waals surface area contributed by atoms with Crippen LogP contribution in [0.15, 0.2) is 48.5 Å². The Balaban J connectivity index is 1.85. The van der Waals surface area contributed by atoms with Gasteiger partial charge in [-0.25, -0.2) is 0 Å². The molecule has 0 aliphatic heterocycles. The maximum absolute atomic E-state index is 12.2. The zero-order valence-electron chi connectivity index (χ0n) is 14.4. The minimum absolute atomic E-state index is 0.0432. The van der Waals surface area contributed by atoms with Gasteiger partial charge in [-0.2, -0.15) is 0 Å². The summed E-state index contributed by atoms with van der Waals surface area (Å²) in [4.78, 5) is 14.3. The second kappa shape index (κ2) is 8.93. The molecule has 0 fully saturated rings. The minimum Gasteiger partial charge on any atom is -0.497 e. The van der Waals surface area contributed by atoms with E-state index >= 15 is 0 Å². The van der Waals surface area contributed by atoms with Gasteiger partial charge in [0.1, 0.15) is 11.5 Å². The lowest BCUT2D eigenvalue weighted by Gasteiger charge is -2.17. The standard InChI is InChI=1S/C19H24N2O3/c1-21(14-15-7-5-4-6-8-15)12-11-19(22)20-17-10-9-16(23-2)13-18(17)24-3/h4-10,13H,11-12,14H2,1-3H3,(H,20,22). The maximum Gasteiger partial charge on any atom is 0.225 e. The molecule has 128 valence electrons. The number of nitrogens with one attached hydrogen (secondary N) is 1. The Hall–Kier alpha value is -2.53. The molecule has 0 atom stereocenters. The molecule has 2 aromatic rings. The lowest BCUT2D eigenvalue weighted by Crippen LogP contribution is -2.24. The Labute approximate surface area is 143 Å². The first kappa shape index (κ1) is 17.8. The second-order valence-electron chi connectivity index (χ2n) is 5.59. The molecule has 0 unspecified atom stereocenters. The maximum atomic E-state index is 12.2. The van der Waals surface area contributed by atoms with Gasteiger partial charge >= 0.3 is 0 Å². The molecule has 0 aliphatic rings. The molecule has 0 radical (unpaired) electrons. The van der Waals surface area contributed by atoms with Gasteiger partial charge in [-0.05, 0) is 24.7 Å². The fraction of sp³-hybridized carbons (Fsp3) is 0.316. The van der Waals surface area contributed by atoms with Crippen molar-refractivity contribution in [2.75, 3.05) is 33.1 Å². The summed E-state index contributed by atoms with van der Waals surface area (Å²) in [5.74, 6) is 1.23. The van der Waals surface area contributed by atoms with Gasteiger partial charge in [-0.15, -0.1) is 0 Å². The molecule has 0 saturated carbocycles. The summed E-state index contributed by atoms with van der Waals surface area (Å²) in [5, 5.41) is 2.89. The number of carbonyl (C=O) groups is 1. The van der Waals surface area contributed by atoms with Gasteiger partial charge in [-0.1, -0.05) is 30.3 Å². The van der Waals surface area contributed by atoms with Crippen LogP contribution in [0, 0.1) is 0 Å². The van der Waals surface area contributed by atoms with E-state index in [2.05, 4.69) is 22.3 Å². The van der Waals surface area contributed by atoms with Crippen molar-refractivity contribution < 1.29 is 14.3 Å². The Bertz CT molecular complexity index is 659. The van der Waals surface area contributed by atoms with E-state index in [9.17, 15) is 4.79 Å². The molecule has 2 aromatic carbocycles. The van der Waals surface area contributed by atoms with Crippen molar-refractivity contribution in [2.24, 2.45) is 0 Å². The van der Waals surface area contributed by atoms with Gasteiger partial charge in [0.2, 0.25) is 5.91 Å². The number of amides is 1. The topological polar surface area (TPSA) is 50.8 Å². The van der Waals surface area contributed by atoms with Crippen molar-refractivity contribution in [2.45, 2.75) is 13.0 Å². The highest BCUT2D eigenvalue weighted by Crippen LogP contribution is 2.29. The van der Waals surface area contributed by atoms with Crippen LogP contribution < -0.4 is 14.8 Å². The third kappa shape index (κ3) is 5.28. The number of anilines is 1. The smallest absolute Gasteiger partial charge is 0.225 e. The zero-order chi connectivity index (χ0) is 17.4. The fourth-order valence-electron chi connectivity index (χ4n) is 2.38. The molecular formula is C19H24N2O3. The lowest BCUT2D eigenvalue weighted by molar-refractivity contribution is -0.116. The quantitative estimate of drug-likeness (QED) is 0.809. The number of methoxy groups -OCH3 is 2. The van der Waals surface area contributed by atoms with Crippen molar-refractivity contribution in [1.29, 1.82) is 0 Å². The summed E-state index contributed by atoms with van der Waals surface area (Å²) >= 11 is 0. The van der Waals surface area contributed by atoms with E-state index in [0.717, 1.165) is 6.54 Å². The van der Waals surface area contributed by atoms with Crippen LogP contribution in [0.5, 0.6) is 11.5 Å². The molecule has 1 amide bonds. The van der Waals surface area contributed by atoms with Crippen molar-refractivity contribution in [3.63, 3.8) is 0 Å². The first-order chi connectivity index (χ1) is 11.6.